The van der Waals surface area contributed by atoms with E-state index in [4.69, 9.17) is 5.73 Å². The van der Waals surface area contributed by atoms with Crippen LogP contribution in [0.1, 0.15) is 106 Å². The Kier molecular flexibility index (Phi) is 16.1. The van der Waals surface area contributed by atoms with Gasteiger partial charge in [-0.3, -0.25) is 28.8 Å². The number of carbonyl (C=O) groups excluding carboxylic acids is 6. The van der Waals surface area contributed by atoms with E-state index in [1.54, 1.807) is 0 Å². The molecule has 0 unspecified atom stereocenters. The summed E-state index contributed by atoms with van der Waals surface area (Å²) in [6.07, 6.45) is 2.22. The summed E-state index contributed by atoms with van der Waals surface area (Å²) in [6, 6.07) is -7.03. The van der Waals surface area contributed by atoms with Gasteiger partial charge in [-0.2, -0.15) is 0 Å². The Labute approximate surface area is 313 Å². The molecule has 3 aliphatic heterocycles. The van der Waals surface area contributed by atoms with Crippen molar-refractivity contribution in [3.8, 4) is 0 Å². The molecule has 0 saturated carbocycles. The third kappa shape index (κ3) is 11.6. The van der Waals surface area contributed by atoms with E-state index in [9.17, 15) is 43.8 Å². The van der Waals surface area contributed by atoms with Gasteiger partial charge in [0.25, 0.3) is 0 Å². The second-order valence-corrected chi connectivity index (χ2v) is 16.3. The fourth-order valence-corrected chi connectivity index (χ4v) is 7.67. The molecule has 0 aromatic carbocycles. The normalized spacial score (nSPS) is 23.2. The number of carboxylic acids is 1. The first-order valence-corrected chi connectivity index (χ1v) is 19.3. The average molecular weight is 750 g/mol. The molecule has 16 heteroatoms. The van der Waals surface area contributed by atoms with Crippen molar-refractivity contribution in [1.29, 1.82) is 0 Å². The minimum atomic E-state index is -1.45. The van der Waals surface area contributed by atoms with Gasteiger partial charge >= 0.3 is 5.97 Å². The molecule has 6 amide bonds. The quantitative estimate of drug-likeness (QED) is 0.119. The zero-order chi connectivity index (χ0) is 39.7. The van der Waals surface area contributed by atoms with Crippen molar-refractivity contribution in [2.45, 2.75) is 155 Å². The first kappa shape index (κ1) is 43.6. The lowest BCUT2D eigenvalue weighted by atomic mass is 10.0. The highest BCUT2D eigenvalue weighted by Gasteiger charge is 2.43. The summed E-state index contributed by atoms with van der Waals surface area (Å²) in [6.45, 7) is 13.6. The number of hydrogen-bond donors (Lipinski definition) is 6. The van der Waals surface area contributed by atoms with E-state index < -0.39 is 83.9 Å². The van der Waals surface area contributed by atoms with Crippen molar-refractivity contribution in [2.75, 3.05) is 19.6 Å². The first-order chi connectivity index (χ1) is 24.8. The highest BCUT2D eigenvalue weighted by atomic mass is 16.4. The third-order valence-electron chi connectivity index (χ3n) is 10.2. The summed E-state index contributed by atoms with van der Waals surface area (Å²) in [5.74, 6) is -4.23. The van der Waals surface area contributed by atoms with E-state index >= 15 is 0 Å². The maximum Gasteiger partial charge on any atom is 0.326 e. The smallest absolute Gasteiger partial charge is 0.326 e. The maximum absolute atomic E-state index is 14.0. The van der Waals surface area contributed by atoms with Gasteiger partial charge in [-0.05, 0) is 82.5 Å². The molecule has 0 spiro atoms. The van der Waals surface area contributed by atoms with Gasteiger partial charge in [-0.15, -0.1) is 0 Å². The number of aliphatic hydroxyl groups is 1. The Morgan fingerprint density at radius 1 is 0.604 bits per heavy atom. The highest BCUT2D eigenvalue weighted by Crippen LogP contribution is 2.24. The second kappa shape index (κ2) is 19.5. The molecule has 3 saturated heterocycles. The Hall–Kier alpha value is -3.79. The number of carboxylic acid groups (broad SMARTS) is 1. The molecule has 8 atom stereocenters. The van der Waals surface area contributed by atoms with E-state index in [2.05, 4.69) is 16.0 Å². The monoisotopic (exact) mass is 749 g/mol. The van der Waals surface area contributed by atoms with Crippen molar-refractivity contribution in [3.63, 3.8) is 0 Å². The van der Waals surface area contributed by atoms with Crippen LogP contribution >= 0.6 is 0 Å². The van der Waals surface area contributed by atoms with Crippen LogP contribution in [0.25, 0.3) is 0 Å². The summed E-state index contributed by atoms with van der Waals surface area (Å²) in [4.78, 5) is 97.6. The minimum Gasteiger partial charge on any atom is -0.480 e. The SMILES string of the molecule is CC(C)C[C@H](NC(=O)[C@@H]1CCCN1C(=O)[C@@H](N)CC(C)C)C(=O)N[C@H](C(=O)N1CCC[C@H]1C(=O)N[C@@H](CC(C)C)C(=O)N1CCC[C@H]1C(=O)O)[C@@H](C)O. The summed E-state index contributed by atoms with van der Waals surface area (Å²) in [5, 5.41) is 28.6. The van der Waals surface area contributed by atoms with Crippen LogP contribution in [-0.2, 0) is 33.6 Å². The Bertz CT molecular complexity index is 1340. The zero-order valence-corrected chi connectivity index (χ0v) is 32.5. The van der Waals surface area contributed by atoms with Crippen LogP contribution in [0.2, 0.25) is 0 Å². The van der Waals surface area contributed by atoms with E-state index in [1.165, 1.54) is 21.6 Å². The van der Waals surface area contributed by atoms with Gasteiger partial charge in [0.15, 0.2) is 0 Å². The number of nitrogens with zero attached hydrogens (tertiary/aromatic N) is 3. The first-order valence-electron chi connectivity index (χ1n) is 19.3. The summed E-state index contributed by atoms with van der Waals surface area (Å²) >= 11 is 0. The van der Waals surface area contributed by atoms with Gasteiger partial charge in [0, 0.05) is 19.6 Å². The fourth-order valence-electron chi connectivity index (χ4n) is 7.67. The van der Waals surface area contributed by atoms with Crippen molar-refractivity contribution >= 4 is 41.4 Å². The number of carbonyl (C=O) groups is 7. The zero-order valence-electron chi connectivity index (χ0n) is 32.5. The molecule has 300 valence electrons. The molecule has 0 aromatic rings. The number of aliphatic hydroxyl groups excluding tert-OH is 1. The van der Waals surface area contributed by atoms with Crippen LogP contribution in [-0.4, -0.2) is 134 Å². The van der Waals surface area contributed by atoms with Crippen molar-refractivity contribution in [3.05, 3.63) is 0 Å². The fraction of sp³-hybridized carbons (Fsp3) is 0.811. The van der Waals surface area contributed by atoms with Gasteiger partial charge in [0.2, 0.25) is 35.4 Å². The maximum atomic E-state index is 14.0. The molecule has 0 aromatic heterocycles. The largest absolute Gasteiger partial charge is 0.480 e. The van der Waals surface area contributed by atoms with Crippen LogP contribution in [0.15, 0.2) is 0 Å². The van der Waals surface area contributed by atoms with Gasteiger partial charge in [-0.1, -0.05) is 41.5 Å². The predicted molar refractivity (Wildman–Crippen MR) is 196 cm³/mol. The molecule has 53 heavy (non-hydrogen) atoms. The predicted octanol–water partition coefficient (Wildman–Crippen LogP) is 0.345. The molecule has 0 aliphatic carbocycles. The van der Waals surface area contributed by atoms with Crippen LogP contribution in [0.4, 0.5) is 0 Å². The molecule has 3 rings (SSSR count). The number of aliphatic carboxylic acids is 1. The summed E-state index contributed by atoms with van der Waals surface area (Å²) in [5.41, 5.74) is 6.16. The molecular formula is C37H63N7O9. The van der Waals surface area contributed by atoms with Crippen molar-refractivity contribution < 1.29 is 43.8 Å². The van der Waals surface area contributed by atoms with Crippen LogP contribution < -0.4 is 21.7 Å². The minimum absolute atomic E-state index is 0.00904. The summed E-state index contributed by atoms with van der Waals surface area (Å²) in [7, 11) is 0. The molecule has 3 aliphatic rings. The van der Waals surface area contributed by atoms with Crippen LogP contribution in [0, 0.1) is 17.8 Å². The van der Waals surface area contributed by atoms with Gasteiger partial charge in [0.1, 0.15) is 36.3 Å². The van der Waals surface area contributed by atoms with E-state index in [0.29, 0.717) is 45.1 Å². The van der Waals surface area contributed by atoms with Crippen LogP contribution in [0.5, 0.6) is 0 Å². The second-order valence-electron chi connectivity index (χ2n) is 16.3. The van der Waals surface area contributed by atoms with E-state index in [0.717, 1.165) is 0 Å². The number of nitrogens with one attached hydrogen (secondary N) is 3. The number of hydrogen-bond acceptors (Lipinski definition) is 9. The highest BCUT2D eigenvalue weighted by molar-refractivity contribution is 5.97. The molecular weight excluding hydrogens is 686 g/mol. The van der Waals surface area contributed by atoms with Crippen molar-refractivity contribution in [2.24, 2.45) is 23.5 Å². The number of amides is 6. The Morgan fingerprint density at radius 3 is 1.47 bits per heavy atom. The lowest BCUT2D eigenvalue weighted by Crippen LogP contribution is -2.61. The Morgan fingerprint density at radius 2 is 1.02 bits per heavy atom. The van der Waals surface area contributed by atoms with Crippen LogP contribution in [0.3, 0.4) is 0 Å². The molecule has 3 fully saturated rings. The van der Waals surface area contributed by atoms with Gasteiger partial charge in [0.05, 0.1) is 12.1 Å². The standard InChI is InChI=1S/C37H63N7O9/c1-20(2)17-24(38)34(49)42-14-8-11-27(42)32(47)39-25(18-21(3)4)31(46)41-30(23(7)45)36(51)43-15-9-12-28(43)33(48)40-26(19-22(5)6)35(50)44-16-10-13-29(44)37(52)53/h20-30,45H,8-19,38H2,1-7H3,(H,39,47)(H,40,48)(H,41,46)(H,52,53)/t23-,24+,25+,26+,27+,28+,29+,30+/m1/s1. The van der Waals surface area contributed by atoms with Crippen molar-refractivity contribution in [1.82, 2.24) is 30.7 Å². The average Bonchev–Trinajstić information content (AvgIpc) is 3.85. The lowest BCUT2D eigenvalue weighted by Gasteiger charge is -2.33. The molecule has 0 bridgehead atoms. The molecule has 0 radical (unpaired) electrons. The van der Waals surface area contributed by atoms with Gasteiger partial charge in [-0.25, -0.2) is 4.79 Å². The van der Waals surface area contributed by atoms with Gasteiger partial charge < -0.3 is 46.6 Å². The summed E-state index contributed by atoms with van der Waals surface area (Å²) < 4.78 is 0. The third-order valence-corrected chi connectivity index (χ3v) is 10.2. The van der Waals surface area contributed by atoms with E-state index in [-0.39, 0.29) is 56.0 Å². The molecule has 16 nitrogen and oxygen atoms in total. The topological polar surface area (TPSA) is 232 Å². The number of rotatable bonds is 17. The lowest BCUT2D eigenvalue weighted by molar-refractivity contribution is -0.150. The Balaban J connectivity index is 1.74. The number of nitrogens with two attached hydrogens (primary N) is 1. The molecule has 7 N–H and O–H groups in total. The number of likely N-dealkylation sites (tertiary alicyclic amines) is 3. The van der Waals surface area contributed by atoms with E-state index in [1.807, 2.05) is 41.5 Å². The molecule has 3 heterocycles.